The lowest BCUT2D eigenvalue weighted by atomic mass is 9.73. The second-order valence-electron chi connectivity index (χ2n) is 11.1. The van der Waals surface area contributed by atoms with E-state index in [0.29, 0.717) is 6.42 Å². The van der Waals surface area contributed by atoms with Crippen molar-refractivity contribution < 1.29 is 4.79 Å². The number of carbonyl (C=O) groups excluding carboxylic acids is 1. The minimum absolute atomic E-state index is 0.0814. The van der Waals surface area contributed by atoms with Gasteiger partial charge in [0.1, 0.15) is 0 Å². The first-order valence-corrected chi connectivity index (χ1v) is 13.7. The van der Waals surface area contributed by atoms with Gasteiger partial charge in [0.05, 0.1) is 0 Å². The van der Waals surface area contributed by atoms with Gasteiger partial charge in [0.15, 0.2) is 0 Å². The van der Waals surface area contributed by atoms with Crippen LogP contribution in [0.2, 0.25) is 0 Å². The molecule has 3 heterocycles. The highest BCUT2D eigenvalue weighted by Gasteiger charge is 2.45. The van der Waals surface area contributed by atoms with Gasteiger partial charge in [-0.1, -0.05) is 54.6 Å². The molecule has 38 heavy (non-hydrogen) atoms. The van der Waals surface area contributed by atoms with Crippen molar-refractivity contribution in [2.45, 2.75) is 43.6 Å². The van der Waals surface area contributed by atoms with Crippen molar-refractivity contribution in [1.82, 2.24) is 14.9 Å². The van der Waals surface area contributed by atoms with E-state index < -0.39 is 0 Å². The van der Waals surface area contributed by atoms with Gasteiger partial charge in [-0.15, -0.1) is 0 Å². The summed E-state index contributed by atoms with van der Waals surface area (Å²) in [4.78, 5) is 23.1. The smallest absolute Gasteiger partial charge is 0.224 e. The van der Waals surface area contributed by atoms with Crippen LogP contribution in [-0.2, 0) is 16.8 Å². The molecule has 2 aliphatic rings. The highest BCUT2D eigenvalue weighted by Crippen LogP contribution is 2.52. The first kappa shape index (κ1) is 23.2. The van der Waals surface area contributed by atoms with Crippen LogP contribution < -0.4 is 5.32 Å². The number of benzene rings is 3. The summed E-state index contributed by atoms with van der Waals surface area (Å²) in [6.07, 6.45) is 7.28. The number of nitrogens with zero attached hydrogens (tertiary/aromatic N) is 2. The van der Waals surface area contributed by atoms with E-state index in [0.717, 1.165) is 44.6 Å². The first-order valence-electron chi connectivity index (χ1n) is 13.7. The van der Waals surface area contributed by atoms with Crippen molar-refractivity contribution in [3.8, 4) is 0 Å². The standard InChI is InChI=1S/C33H32N4O/c38-32(35-25-11-15-34-16-12-25)20-24-21-33(29-7-3-1-5-26(24)29)13-17-37(18-14-33)22-23-9-10-28-27-6-2-4-8-30(27)36-31(28)19-23/h1-12,15-16,19,24,36H,13-14,17-18,20-22H2,(H,34,35,38). The molecule has 1 spiro atoms. The Balaban J connectivity index is 1.04. The van der Waals surface area contributed by atoms with Crippen molar-refractivity contribution in [2.75, 3.05) is 18.4 Å². The molecule has 1 saturated heterocycles. The number of para-hydroxylation sites is 1. The van der Waals surface area contributed by atoms with Gasteiger partial charge in [0.25, 0.3) is 0 Å². The van der Waals surface area contributed by atoms with Crippen molar-refractivity contribution >= 4 is 33.4 Å². The summed E-state index contributed by atoms with van der Waals surface area (Å²) >= 11 is 0. The topological polar surface area (TPSA) is 61.0 Å². The number of piperidine rings is 1. The van der Waals surface area contributed by atoms with E-state index in [2.05, 4.69) is 86.9 Å². The zero-order chi connectivity index (χ0) is 25.5. The van der Waals surface area contributed by atoms with Crippen molar-refractivity contribution in [2.24, 2.45) is 0 Å². The fourth-order valence-electron chi connectivity index (χ4n) is 6.95. The van der Waals surface area contributed by atoms with E-state index in [1.165, 1.54) is 38.5 Å². The Bertz CT molecular complexity index is 1610. The number of aromatic amines is 1. The van der Waals surface area contributed by atoms with Gasteiger partial charge in [0.2, 0.25) is 5.91 Å². The van der Waals surface area contributed by atoms with Crippen molar-refractivity contribution in [1.29, 1.82) is 0 Å². The second-order valence-corrected chi connectivity index (χ2v) is 11.1. The maximum atomic E-state index is 12.9. The largest absolute Gasteiger partial charge is 0.355 e. The fourth-order valence-corrected chi connectivity index (χ4v) is 6.95. The van der Waals surface area contributed by atoms with E-state index in [9.17, 15) is 4.79 Å². The molecule has 5 heteroatoms. The number of anilines is 1. The number of amides is 1. The summed E-state index contributed by atoms with van der Waals surface area (Å²) in [5.41, 5.74) is 7.60. The molecule has 190 valence electrons. The van der Waals surface area contributed by atoms with Crippen LogP contribution in [0.4, 0.5) is 5.69 Å². The number of aromatic nitrogens is 2. The molecule has 1 fully saturated rings. The number of hydrogen-bond acceptors (Lipinski definition) is 3. The SMILES string of the molecule is O=C(CC1CC2(CCN(Cc3ccc4c(c3)[nH]c3ccccc34)CC2)c2ccccc21)Nc1ccncc1. The van der Waals surface area contributed by atoms with E-state index >= 15 is 0 Å². The molecule has 2 aromatic heterocycles. The lowest BCUT2D eigenvalue weighted by Gasteiger charge is -2.40. The van der Waals surface area contributed by atoms with E-state index in [4.69, 9.17) is 0 Å². The van der Waals surface area contributed by atoms with Crippen LogP contribution in [-0.4, -0.2) is 33.9 Å². The summed E-state index contributed by atoms with van der Waals surface area (Å²) in [6.45, 7) is 3.13. The molecule has 7 rings (SSSR count). The normalized spacial score (nSPS) is 18.7. The lowest BCUT2D eigenvalue weighted by Crippen LogP contribution is -2.41. The van der Waals surface area contributed by atoms with Gasteiger partial charge in [-0.05, 0) is 84.6 Å². The van der Waals surface area contributed by atoms with E-state index in [-0.39, 0.29) is 17.2 Å². The summed E-state index contributed by atoms with van der Waals surface area (Å²) < 4.78 is 0. The Hall–Kier alpha value is -3.96. The van der Waals surface area contributed by atoms with Crippen LogP contribution in [0.15, 0.2) is 91.3 Å². The zero-order valence-electron chi connectivity index (χ0n) is 21.5. The van der Waals surface area contributed by atoms with Crippen LogP contribution in [0.25, 0.3) is 21.8 Å². The van der Waals surface area contributed by atoms with Crippen LogP contribution in [0.3, 0.4) is 0 Å². The number of rotatable bonds is 5. The highest BCUT2D eigenvalue weighted by molar-refractivity contribution is 6.07. The monoisotopic (exact) mass is 500 g/mol. The minimum atomic E-state index is 0.0814. The first-order chi connectivity index (χ1) is 18.7. The summed E-state index contributed by atoms with van der Waals surface area (Å²) in [5, 5.41) is 5.64. The van der Waals surface area contributed by atoms with Gasteiger partial charge < -0.3 is 10.3 Å². The third-order valence-corrected chi connectivity index (χ3v) is 8.79. The second kappa shape index (κ2) is 9.41. The molecule has 1 amide bonds. The number of hydrogen-bond donors (Lipinski definition) is 2. The lowest BCUT2D eigenvalue weighted by molar-refractivity contribution is -0.116. The van der Waals surface area contributed by atoms with Gasteiger partial charge in [-0.2, -0.15) is 0 Å². The molecule has 2 N–H and O–H groups in total. The molecule has 0 saturated carbocycles. The molecular weight excluding hydrogens is 468 g/mol. The predicted octanol–water partition coefficient (Wildman–Crippen LogP) is 6.77. The van der Waals surface area contributed by atoms with Crippen LogP contribution in [0, 0.1) is 0 Å². The summed E-state index contributed by atoms with van der Waals surface area (Å²) in [7, 11) is 0. The molecule has 0 radical (unpaired) electrons. The fraction of sp³-hybridized carbons (Fsp3) is 0.273. The molecule has 5 aromatic rings. The molecular formula is C33H32N4O. The van der Waals surface area contributed by atoms with Crippen molar-refractivity contribution in [3.05, 3.63) is 108 Å². The Morgan fingerprint density at radius 2 is 1.68 bits per heavy atom. The maximum absolute atomic E-state index is 12.9. The Kier molecular flexibility index (Phi) is 5.74. The Morgan fingerprint density at radius 1 is 0.921 bits per heavy atom. The van der Waals surface area contributed by atoms with Gasteiger partial charge in [0, 0.05) is 52.9 Å². The van der Waals surface area contributed by atoms with Gasteiger partial charge in [-0.25, -0.2) is 0 Å². The Morgan fingerprint density at radius 3 is 2.55 bits per heavy atom. The van der Waals surface area contributed by atoms with E-state index in [1.807, 2.05) is 12.1 Å². The average Bonchev–Trinajstić information content (AvgIpc) is 3.46. The minimum Gasteiger partial charge on any atom is -0.355 e. The Labute approximate surface area is 222 Å². The predicted molar refractivity (Wildman–Crippen MR) is 153 cm³/mol. The van der Waals surface area contributed by atoms with Gasteiger partial charge in [-0.3, -0.25) is 14.7 Å². The quantitative estimate of drug-likeness (QED) is 0.280. The third-order valence-electron chi connectivity index (χ3n) is 8.79. The maximum Gasteiger partial charge on any atom is 0.224 e. The molecule has 3 aromatic carbocycles. The summed E-state index contributed by atoms with van der Waals surface area (Å²) in [6, 6.07) is 27.9. The van der Waals surface area contributed by atoms with Crippen LogP contribution in [0.1, 0.15) is 48.3 Å². The highest BCUT2D eigenvalue weighted by atomic mass is 16.1. The van der Waals surface area contributed by atoms with Crippen molar-refractivity contribution in [3.63, 3.8) is 0 Å². The van der Waals surface area contributed by atoms with Gasteiger partial charge >= 0.3 is 0 Å². The number of H-pyrrole nitrogens is 1. The molecule has 1 aliphatic heterocycles. The molecule has 0 bridgehead atoms. The molecule has 1 aliphatic carbocycles. The van der Waals surface area contributed by atoms with Crippen LogP contribution >= 0.6 is 0 Å². The number of carbonyl (C=O) groups is 1. The molecule has 5 nitrogen and oxygen atoms in total. The molecule has 1 unspecified atom stereocenters. The molecule has 1 atom stereocenters. The third kappa shape index (κ3) is 4.17. The number of nitrogens with one attached hydrogen (secondary N) is 2. The van der Waals surface area contributed by atoms with Crippen LogP contribution in [0.5, 0.6) is 0 Å². The number of likely N-dealkylation sites (tertiary alicyclic amines) is 1. The number of fused-ring (bicyclic) bond motifs is 5. The van der Waals surface area contributed by atoms with E-state index in [1.54, 1.807) is 12.4 Å². The zero-order valence-corrected chi connectivity index (χ0v) is 21.5. The number of pyridine rings is 1. The summed E-state index contributed by atoms with van der Waals surface area (Å²) in [5.74, 6) is 0.349. The average molecular weight is 501 g/mol.